The zero-order valence-corrected chi connectivity index (χ0v) is 18.3. The predicted octanol–water partition coefficient (Wildman–Crippen LogP) is 2.41. The number of benzene rings is 2. The van der Waals surface area contributed by atoms with Crippen LogP contribution >= 0.6 is 0 Å². The molecule has 1 unspecified atom stereocenters. The molecular formula is C23H25F2N3O5. The highest BCUT2D eigenvalue weighted by atomic mass is 19.3. The first-order chi connectivity index (χ1) is 15.9. The van der Waals surface area contributed by atoms with Gasteiger partial charge in [0.25, 0.3) is 12.0 Å². The van der Waals surface area contributed by atoms with Gasteiger partial charge in [0.2, 0.25) is 0 Å². The van der Waals surface area contributed by atoms with Crippen LogP contribution in [0.4, 0.5) is 8.78 Å². The smallest absolute Gasteiger partial charge is 0.332 e. The third-order valence-electron chi connectivity index (χ3n) is 5.70. The minimum Gasteiger partial charge on any atom is -0.493 e. The van der Waals surface area contributed by atoms with Crippen molar-refractivity contribution in [3.05, 3.63) is 62.8 Å². The number of rotatable bonds is 8. The summed E-state index contributed by atoms with van der Waals surface area (Å²) in [5.74, 6) is 1.15. The normalized spacial score (nSPS) is 15.8. The van der Waals surface area contributed by atoms with Gasteiger partial charge in [0.15, 0.2) is 11.5 Å². The summed E-state index contributed by atoms with van der Waals surface area (Å²) in [6.45, 7) is 0.573. The number of alkyl halides is 2. The van der Waals surface area contributed by atoms with Gasteiger partial charge in [-0.3, -0.25) is 13.9 Å². The lowest BCUT2D eigenvalue weighted by Gasteiger charge is -2.19. The van der Waals surface area contributed by atoms with E-state index in [2.05, 4.69) is 5.32 Å². The van der Waals surface area contributed by atoms with E-state index < -0.39 is 24.3 Å². The number of halogens is 2. The highest BCUT2D eigenvalue weighted by Crippen LogP contribution is 2.28. The molecule has 1 aromatic heterocycles. The topological polar surface area (TPSA) is 83.7 Å². The Hall–Kier alpha value is -3.40. The number of hydrogen-bond donors (Lipinski definition) is 1. The lowest BCUT2D eigenvalue weighted by atomic mass is 10.1. The van der Waals surface area contributed by atoms with Crippen LogP contribution in [0.15, 0.2) is 46.0 Å². The lowest BCUT2D eigenvalue weighted by Crippen LogP contribution is -2.42. The Bertz CT molecular complexity index is 1270. The molecule has 8 nitrogen and oxygen atoms in total. The van der Waals surface area contributed by atoms with Crippen molar-refractivity contribution >= 4 is 10.9 Å². The van der Waals surface area contributed by atoms with Crippen LogP contribution in [-0.2, 0) is 6.54 Å². The minimum absolute atomic E-state index is 0.0101. The van der Waals surface area contributed by atoms with Crippen molar-refractivity contribution in [3.63, 3.8) is 0 Å². The number of hydrogen-bond acceptors (Lipinski definition) is 6. The van der Waals surface area contributed by atoms with Crippen molar-refractivity contribution in [2.75, 3.05) is 33.9 Å². The Morgan fingerprint density at radius 1 is 1.09 bits per heavy atom. The Kier molecular flexibility index (Phi) is 6.64. The molecule has 33 heavy (non-hydrogen) atoms. The molecule has 4 rings (SSSR count). The SMILES string of the molecule is COc1ccc(Cn2c(=O)c3cc(OCC(F)F)ccc3n(C3CCNC3)c2=O)cc1OC. The molecule has 10 heteroatoms. The van der Waals surface area contributed by atoms with Crippen LogP contribution in [-0.4, -0.2) is 49.5 Å². The fourth-order valence-corrected chi connectivity index (χ4v) is 4.12. The van der Waals surface area contributed by atoms with Gasteiger partial charge in [-0.1, -0.05) is 6.07 Å². The van der Waals surface area contributed by atoms with E-state index in [4.69, 9.17) is 14.2 Å². The molecule has 0 radical (unpaired) electrons. The van der Waals surface area contributed by atoms with E-state index in [1.54, 1.807) is 28.8 Å². The highest BCUT2D eigenvalue weighted by molar-refractivity contribution is 5.80. The molecular weight excluding hydrogens is 436 g/mol. The molecule has 1 atom stereocenters. The Morgan fingerprint density at radius 2 is 1.88 bits per heavy atom. The van der Waals surface area contributed by atoms with Crippen LogP contribution in [0.1, 0.15) is 18.0 Å². The summed E-state index contributed by atoms with van der Waals surface area (Å²) < 4.78 is 43.6. The molecule has 1 saturated heterocycles. The van der Waals surface area contributed by atoms with Crippen molar-refractivity contribution in [1.29, 1.82) is 0 Å². The van der Waals surface area contributed by atoms with E-state index >= 15 is 0 Å². The second-order valence-electron chi connectivity index (χ2n) is 7.76. The molecule has 1 fully saturated rings. The number of aromatic nitrogens is 2. The van der Waals surface area contributed by atoms with Gasteiger partial charge >= 0.3 is 5.69 Å². The van der Waals surface area contributed by atoms with Crippen LogP contribution in [0.3, 0.4) is 0 Å². The van der Waals surface area contributed by atoms with Gasteiger partial charge in [-0.25, -0.2) is 13.6 Å². The first-order valence-corrected chi connectivity index (χ1v) is 10.5. The van der Waals surface area contributed by atoms with Crippen molar-refractivity contribution in [1.82, 2.24) is 14.5 Å². The van der Waals surface area contributed by atoms with Gasteiger partial charge < -0.3 is 19.5 Å². The van der Waals surface area contributed by atoms with E-state index in [1.165, 1.54) is 26.4 Å². The van der Waals surface area contributed by atoms with Crippen LogP contribution in [0.25, 0.3) is 10.9 Å². The third-order valence-corrected chi connectivity index (χ3v) is 5.70. The number of ether oxygens (including phenoxy) is 3. The maximum absolute atomic E-state index is 13.5. The molecule has 176 valence electrons. The van der Waals surface area contributed by atoms with Gasteiger partial charge in [0.05, 0.1) is 37.7 Å². The molecule has 1 aliphatic rings. The molecule has 0 amide bonds. The number of nitrogens with zero attached hydrogens (tertiary/aromatic N) is 2. The summed E-state index contributed by atoms with van der Waals surface area (Å²) >= 11 is 0. The Morgan fingerprint density at radius 3 is 2.55 bits per heavy atom. The van der Waals surface area contributed by atoms with E-state index in [0.29, 0.717) is 29.1 Å². The van der Waals surface area contributed by atoms with E-state index in [-0.39, 0.29) is 23.7 Å². The first kappa shape index (κ1) is 22.8. The monoisotopic (exact) mass is 461 g/mol. The molecule has 2 heterocycles. The summed E-state index contributed by atoms with van der Waals surface area (Å²) in [7, 11) is 3.03. The van der Waals surface area contributed by atoms with Gasteiger partial charge in [-0.2, -0.15) is 0 Å². The van der Waals surface area contributed by atoms with Gasteiger partial charge in [-0.05, 0) is 48.9 Å². The average Bonchev–Trinajstić information content (AvgIpc) is 3.35. The number of nitrogens with one attached hydrogen (secondary N) is 1. The first-order valence-electron chi connectivity index (χ1n) is 10.5. The maximum Gasteiger partial charge on any atom is 0.332 e. The fourth-order valence-electron chi connectivity index (χ4n) is 4.12. The third kappa shape index (κ3) is 4.56. The van der Waals surface area contributed by atoms with E-state index in [0.717, 1.165) is 17.5 Å². The summed E-state index contributed by atoms with van der Waals surface area (Å²) in [5, 5.41) is 3.46. The molecule has 0 saturated carbocycles. The van der Waals surface area contributed by atoms with E-state index in [1.807, 2.05) is 0 Å². The predicted molar refractivity (Wildman–Crippen MR) is 119 cm³/mol. The Labute approximate surface area is 188 Å². The molecule has 1 N–H and O–H groups in total. The Balaban J connectivity index is 1.86. The average molecular weight is 461 g/mol. The summed E-state index contributed by atoms with van der Waals surface area (Å²) in [6, 6.07) is 9.53. The van der Waals surface area contributed by atoms with Crippen molar-refractivity contribution in [3.8, 4) is 17.2 Å². The van der Waals surface area contributed by atoms with Gasteiger partial charge in [-0.15, -0.1) is 0 Å². The maximum atomic E-state index is 13.5. The quantitative estimate of drug-likeness (QED) is 0.555. The van der Waals surface area contributed by atoms with Gasteiger partial charge in [0.1, 0.15) is 12.4 Å². The fraction of sp³-hybridized carbons (Fsp3) is 0.391. The van der Waals surface area contributed by atoms with Crippen molar-refractivity contribution < 1.29 is 23.0 Å². The van der Waals surface area contributed by atoms with Crippen molar-refractivity contribution in [2.24, 2.45) is 0 Å². The molecule has 0 spiro atoms. The number of methoxy groups -OCH3 is 2. The standard InChI is InChI=1S/C23H25F2N3O5/c1-31-19-6-3-14(9-20(19)32-2)12-27-22(29)17-10-16(33-13-21(24)25)4-5-18(17)28(23(27)30)15-7-8-26-11-15/h3-6,9-10,15,21,26H,7-8,11-13H2,1-2H3. The minimum atomic E-state index is -2.64. The molecule has 0 aliphatic carbocycles. The second-order valence-corrected chi connectivity index (χ2v) is 7.76. The summed E-state index contributed by atoms with van der Waals surface area (Å²) in [5.41, 5.74) is 0.172. The van der Waals surface area contributed by atoms with Crippen LogP contribution in [0, 0.1) is 0 Å². The zero-order chi connectivity index (χ0) is 23.5. The second kappa shape index (κ2) is 9.62. The number of fused-ring (bicyclic) bond motifs is 1. The lowest BCUT2D eigenvalue weighted by molar-refractivity contribution is 0.0819. The van der Waals surface area contributed by atoms with Crippen LogP contribution < -0.4 is 30.8 Å². The zero-order valence-electron chi connectivity index (χ0n) is 18.3. The van der Waals surface area contributed by atoms with E-state index in [9.17, 15) is 18.4 Å². The van der Waals surface area contributed by atoms with Crippen molar-refractivity contribution in [2.45, 2.75) is 25.4 Å². The van der Waals surface area contributed by atoms with Crippen LogP contribution in [0.5, 0.6) is 17.2 Å². The van der Waals surface area contributed by atoms with Gasteiger partial charge in [0, 0.05) is 6.54 Å². The molecule has 2 aromatic carbocycles. The summed E-state index contributed by atoms with van der Waals surface area (Å²) in [4.78, 5) is 26.8. The largest absolute Gasteiger partial charge is 0.493 e. The van der Waals surface area contributed by atoms with Crippen LogP contribution in [0.2, 0.25) is 0 Å². The molecule has 1 aliphatic heterocycles. The molecule has 3 aromatic rings. The summed E-state index contributed by atoms with van der Waals surface area (Å²) in [6.07, 6.45) is -1.91. The highest BCUT2D eigenvalue weighted by Gasteiger charge is 2.23. The molecule has 0 bridgehead atoms.